The van der Waals surface area contributed by atoms with Crippen LogP contribution in [0.2, 0.25) is 0 Å². The number of nitrogens with one attached hydrogen (secondary N) is 1. The van der Waals surface area contributed by atoms with Crippen LogP contribution in [0.5, 0.6) is 5.75 Å². The molecule has 92 valence electrons. The van der Waals surface area contributed by atoms with Gasteiger partial charge in [-0.05, 0) is 37.6 Å². The maximum atomic E-state index is 12.9. The molecule has 0 saturated carbocycles. The van der Waals surface area contributed by atoms with Crippen LogP contribution in [-0.4, -0.2) is 18.6 Å². The van der Waals surface area contributed by atoms with E-state index in [1.807, 2.05) is 0 Å². The summed E-state index contributed by atoms with van der Waals surface area (Å²) in [5, 5.41) is 2.63. The zero-order valence-corrected chi connectivity index (χ0v) is 10.00. The fourth-order valence-corrected chi connectivity index (χ4v) is 1.31. The van der Waals surface area contributed by atoms with Gasteiger partial charge in [-0.1, -0.05) is 6.08 Å². The van der Waals surface area contributed by atoms with Gasteiger partial charge in [0.05, 0.1) is 0 Å². The zero-order chi connectivity index (χ0) is 12.8. The highest BCUT2D eigenvalue weighted by molar-refractivity contribution is 5.80. The topological polar surface area (TPSA) is 38.3 Å². The van der Waals surface area contributed by atoms with Gasteiger partial charge in [0.1, 0.15) is 11.6 Å². The number of ether oxygens (including phenoxy) is 1. The Bertz CT molecular complexity index is 418. The van der Waals surface area contributed by atoms with Crippen molar-refractivity contribution in [3.63, 3.8) is 0 Å². The molecule has 1 N–H and O–H groups in total. The quantitative estimate of drug-likeness (QED) is 0.797. The van der Waals surface area contributed by atoms with Gasteiger partial charge >= 0.3 is 0 Å². The molecule has 0 bridgehead atoms. The lowest BCUT2D eigenvalue weighted by molar-refractivity contribution is -0.127. The van der Waals surface area contributed by atoms with E-state index in [0.717, 1.165) is 0 Å². The number of amides is 1. The number of halogens is 1. The van der Waals surface area contributed by atoms with Crippen molar-refractivity contribution in [1.82, 2.24) is 5.32 Å². The molecule has 1 aromatic rings. The minimum absolute atomic E-state index is 0.228. The van der Waals surface area contributed by atoms with Crippen molar-refractivity contribution in [2.45, 2.75) is 20.0 Å². The number of hydrogen-bond acceptors (Lipinski definition) is 2. The number of rotatable bonds is 5. The second-order valence-electron chi connectivity index (χ2n) is 3.70. The predicted octanol–water partition coefficient (Wildman–Crippen LogP) is 2.20. The lowest BCUT2D eigenvalue weighted by Crippen LogP contribution is -2.36. The van der Waals surface area contributed by atoms with E-state index in [1.54, 1.807) is 19.9 Å². The second-order valence-corrected chi connectivity index (χ2v) is 3.70. The molecule has 1 aromatic carbocycles. The molecule has 0 spiro atoms. The van der Waals surface area contributed by atoms with Crippen LogP contribution in [0.15, 0.2) is 30.9 Å². The van der Waals surface area contributed by atoms with Gasteiger partial charge in [0, 0.05) is 6.54 Å². The third-order valence-corrected chi connectivity index (χ3v) is 2.23. The molecule has 0 heterocycles. The number of carbonyl (C=O) groups excluding carboxylic acids is 1. The Hall–Kier alpha value is -1.84. The molecule has 0 aliphatic heterocycles. The Balaban J connectivity index is 2.64. The van der Waals surface area contributed by atoms with E-state index >= 15 is 0 Å². The van der Waals surface area contributed by atoms with Gasteiger partial charge in [0.25, 0.3) is 5.91 Å². The van der Waals surface area contributed by atoms with Crippen LogP contribution in [0, 0.1) is 12.7 Å². The van der Waals surface area contributed by atoms with Crippen LogP contribution in [0.4, 0.5) is 4.39 Å². The van der Waals surface area contributed by atoms with Gasteiger partial charge in [-0.15, -0.1) is 6.58 Å². The lowest BCUT2D eigenvalue weighted by Gasteiger charge is -2.15. The number of carbonyl (C=O) groups is 1. The van der Waals surface area contributed by atoms with Crippen molar-refractivity contribution in [3.05, 3.63) is 42.2 Å². The molecule has 1 amide bonds. The Morgan fingerprint density at radius 3 is 2.94 bits per heavy atom. The van der Waals surface area contributed by atoms with Gasteiger partial charge in [-0.2, -0.15) is 0 Å². The van der Waals surface area contributed by atoms with E-state index in [0.29, 0.717) is 17.9 Å². The van der Waals surface area contributed by atoms with E-state index in [2.05, 4.69) is 11.9 Å². The number of benzene rings is 1. The summed E-state index contributed by atoms with van der Waals surface area (Å²) in [6, 6.07) is 4.18. The molecule has 1 atom stereocenters. The van der Waals surface area contributed by atoms with Crippen LogP contribution in [0.25, 0.3) is 0 Å². The van der Waals surface area contributed by atoms with Crippen molar-refractivity contribution in [1.29, 1.82) is 0 Å². The predicted molar refractivity (Wildman–Crippen MR) is 64.4 cm³/mol. The molecule has 3 nitrogen and oxygen atoms in total. The van der Waals surface area contributed by atoms with E-state index < -0.39 is 6.10 Å². The molecule has 0 aliphatic carbocycles. The molecule has 1 unspecified atom stereocenters. The fourth-order valence-electron chi connectivity index (χ4n) is 1.31. The van der Waals surface area contributed by atoms with Gasteiger partial charge in [-0.25, -0.2) is 4.39 Å². The Labute approximate surface area is 100 Å². The van der Waals surface area contributed by atoms with E-state index in [4.69, 9.17) is 4.74 Å². The maximum absolute atomic E-state index is 12.9. The third kappa shape index (κ3) is 3.90. The number of aryl methyl sites for hydroxylation is 1. The maximum Gasteiger partial charge on any atom is 0.261 e. The van der Waals surface area contributed by atoms with Crippen LogP contribution in [0.1, 0.15) is 12.5 Å². The van der Waals surface area contributed by atoms with Crippen LogP contribution in [0.3, 0.4) is 0 Å². The van der Waals surface area contributed by atoms with Crippen molar-refractivity contribution in [2.24, 2.45) is 0 Å². The molecule has 0 aliphatic rings. The van der Waals surface area contributed by atoms with Crippen molar-refractivity contribution >= 4 is 5.91 Å². The lowest BCUT2D eigenvalue weighted by atomic mass is 10.2. The first-order valence-electron chi connectivity index (χ1n) is 5.36. The minimum atomic E-state index is -0.626. The number of hydrogen-bond donors (Lipinski definition) is 1. The first-order chi connectivity index (χ1) is 8.04. The average Bonchev–Trinajstić information content (AvgIpc) is 2.29. The zero-order valence-electron chi connectivity index (χ0n) is 10.00. The highest BCUT2D eigenvalue weighted by Crippen LogP contribution is 2.19. The molecule has 0 aromatic heterocycles. The summed E-state index contributed by atoms with van der Waals surface area (Å²) in [7, 11) is 0. The van der Waals surface area contributed by atoms with E-state index in [9.17, 15) is 9.18 Å². The highest BCUT2D eigenvalue weighted by Gasteiger charge is 2.14. The van der Waals surface area contributed by atoms with Crippen molar-refractivity contribution in [2.75, 3.05) is 6.54 Å². The summed E-state index contributed by atoms with van der Waals surface area (Å²) < 4.78 is 18.3. The fraction of sp³-hybridized carbons (Fsp3) is 0.308. The van der Waals surface area contributed by atoms with Gasteiger partial charge in [0.15, 0.2) is 6.10 Å². The largest absolute Gasteiger partial charge is 0.481 e. The first kappa shape index (κ1) is 13.2. The summed E-state index contributed by atoms with van der Waals surface area (Å²) in [5.74, 6) is -0.0418. The smallest absolute Gasteiger partial charge is 0.261 e. The summed E-state index contributed by atoms with van der Waals surface area (Å²) >= 11 is 0. The van der Waals surface area contributed by atoms with Crippen LogP contribution in [-0.2, 0) is 4.79 Å². The van der Waals surface area contributed by atoms with Crippen molar-refractivity contribution < 1.29 is 13.9 Å². The Morgan fingerprint density at radius 2 is 2.35 bits per heavy atom. The highest BCUT2D eigenvalue weighted by atomic mass is 19.1. The molecular formula is C13H16FNO2. The SMILES string of the molecule is C=CCNC(=O)C(C)Oc1ccc(F)cc1C. The molecule has 0 radical (unpaired) electrons. The molecule has 1 rings (SSSR count). The second kappa shape index (κ2) is 6.03. The summed E-state index contributed by atoms with van der Waals surface area (Å²) in [4.78, 5) is 11.5. The van der Waals surface area contributed by atoms with Crippen molar-refractivity contribution in [3.8, 4) is 5.75 Å². The normalized spacial score (nSPS) is 11.7. The van der Waals surface area contributed by atoms with Gasteiger partial charge < -0.3 is 10.1 Å². The molecule has 0 saturated heterocycles. The van der Waals surface area contributed by atoms with Gasteiger partial charge in [-0.3, -0.25) is 4.79 Å². The molecular weight excluding hydrogens is 221 g/mol. The summed E-state index contributed by atoms with van der Waals surface area (Å²) in [6.45, 7) is 7.27. The molecule has 17 heavy (non-hydrogen) atoms. The van der Waals surface area contributed by atoms with Gasteiger partial charge in [0.2, 0.25) is 0 Å². The van der Waals surface area contributed by atoms with Crippen LogP contribution >= 0.6 is 0 Å². The van der Waals surface area contributed by atoms with Crippen LogP contribution < -0.4 is 10.1 Å². The monoisotopic (exact) mass is 237 g/mol. The summed E-state index contributed by atoms with van der Waals surface area (Å²) in [6.07, 6.45) is 0.965. The first-order valence-corrected chi connectivity index (χ1v) is 5.36. The Morgan fingerprint density at radius 1 is 1.65 bits per heavy atom. The Kier molecular flexibility index (Phi) is 4.69. The minimum Gasteiger partial charge on any atom is -0.481 e. The average molecular weight is 237 g/mol. The summed E-state index contributed by atoms with van der Waals surface area (Å²) in [5.41, 5.74) is 0.661. The van der Waals surface area contributed by atoms with E-state index in [1.165, 1.54) is 18.2 Å². The molecule has 4 heteroatoms. The third-order valence-electron chi connectivity index (χ3n) is 2.23. The standard InChI is InChI=1S/C13H16FNO2/c1-4-7-15-13(16)10(3)17-12-6-5-11(14)8-9(12)2/h4-6,8,10H,1,7H2,2-3H3,(H,15,16). The van der Waals surface area contributed by atoms with E-state index in [-0.39, 0.29) is 11.7 Å². The molecule has 0 fully saturated rings.